The van der Waals surface area contributed by atoms with Crippen LogP contribution in [0.3, 0.4) is 0 Å². The molecule has 1 aromatic heterocycles. The van der Waals surface area contributed by atoms with Crippen molar-refractivity contribution in [3.8, 4) is 5.69 Å². The summed E-state index contributed by atoms with van der Waals surface area (Å²) in [5.74, 6) is -0.762. The molecule has 0 unspecified atom stereocenters. The summed E-state index contributed by atoms with van der Waals surface area (Å²) in [6.07, 6.45) is -0.639. The Bertz CT molecular complexity index is 695. The van der Waals surface area contributed by atoms with Gasteiger partial charge in [0, 0.05) is 17.8 Å². The van der Waals surface area contributed by atoms with Crippen LogP contribution in [-0.4, -0.2) is 39.9 Å². The first-order chi connectivity index (χ1) is 10.8. The second-order valence-electron chi connectivity index (χ2n) is 4.74. The summed E-state index contributed by atoms with van der Waals surface area (Å²) in [7, 11) is 0. The number of carbonyl (C=O) groups excluding carboxylic acids is 1. The van der Waals surface area contributed by atoms with Gasteiger partial charge in [-0.25, -0.2) is 4.68 Å². The lowest BCUT2D eigenvalue weighted by molar-refractivity contribution is -0.139. The third-order valence-electron chi connectivity index (χ3n) is 2.93. The Morgan fingerprint density at radius 3 is 2.57 bits per heavy atom. The normalized spacial score (nSPS) is 11.3. The molecular weight excluding hydrogens is 331 g/mol. The Morgan fingerprint density at radius 2 is 2.00 bits per heavy atom. The summed E-state index contributed by atoms with van der Waals surface area (Å²) in [6, 6.07) is 6.66. The topological polar surface area (TPSA) is 38.1 Å². The molecule has 0 atom stereocenters. The molecule has 2 rings (SSSR count). The third-order valence-corrected chi connectivity index (χ3v) is 3.18. The number of carbonyl (C=O) groups is 1. The Labute approximate surface area is 135 Å². The summed E-state index contributed by atoms with van der Waals surface area (Å²) in [5.41, 5.74) is 0.700. The number of hydrogen-bond donors (Lipinski definition) is 0. The molecule has 0 N–H and O–H groups in total. The smallest absolute Gasteiger partial charge is 0.326 e. The van der Waals surface area contributed by atoms with E-state index in [-0.39, 0.29) is 12.1 Å². The van der Waals surface area contributed by atoms with Gasteiger partial charge in [-0.05, 0) is 24.3 Å². The molecule has 23 heavy (non-hydrogen) atoms. The molecule has 0 aliphatic heterocycles. The maximum atomic E-state index is 12.6. The van der Waals surface area contributed by atoms with Crippen LogP contribution in [0.4, 0.5) is 13.2 Å². The Balaban J connectivity index is 2.21. The number of amides is 1. The highest BCUT2D eigenvalue weighted by atomic mass is 35.5. The third kappa shape index (κ3) is 4.59. The van der Waals surface area contributed by atoms with Crippen molar-refractivity contribution in [2.45, 2.75) is 6.18 Å². The van der Waals surface area contributed by atoms with Crippen LogP contribution in [-0.2, 0) is 0 Å². The minimum absolute atomic E-state index is 0.0612. The van der Waals surface area contributed by atoms with Crippen molar-refractivity contribution in [1.82, 2.24) is 14.7 Å². The summed E-state index contributed by atoms with van der Waals surface area (Å²) >= 11 is 5.79. The SMILES string of the molecule is C=CCN(CC(F)(F)F)C(=O)c1cnn(-c2ccc(Cl)cc2)c1. The number of hydrogen-bond acceptors (Lipinski definition) is 2. The van der Waals surface area contributed by atoms with E-state index in [9.17, 15) is 18.0 Å². The molecule has 8 heteroatoms. The number of nitrogens with zero attached hydrogens (tertiary/aromatic N) is 3. The van der Waals surface area contributed by atoms with Crippen molar-refractivity contribution in [1.29, 1.82) is 0 Å². The minimum atomic E-state index is -4.48. The van der Waals surface area contributed by atoms with Crippen molar-refractivity contribution >= 4 is 17.5 Å². The van der Waals surface area contributed by atoms with Gasteiger partial charge in [-0.2, -0.15) is 18.3 Å². The van der Waals surface area contributed by atoms with E-state index in [1.807, 2.05) is 0 Å². The molecule has 0 bridgehead atoms. The molecule has 0 fully saturated rings. The van der Waals surface area contributed by atoms with Gasteiger partial charge in [0.05, 0.1) is 17.4 Å². The molecule has 1 aromatic carbocycles. The van der Waals surface area contributed by atoms with Gasteiger partial charge in [-0.1, -0.05) is 17.7 Å². The molecule has 0 aliphatic rings. The maximum absolute atomic E-state index is 12.6. The van der Waals surface area contributed by atoms with Gasteiger partial charge < -0.3 is 4.90 Å². The van der Waals surface area contributed by atoms with Crippen LogP contribution >= 0.6 is 11.6 Å². The lowest BCUT2D eigenvalue weighted by atomic mass is 10.3. The van der Waals surface area contributed by atoms with Crippen molar-refractivity contribution in [3.05, 3.63) is 59.9 Å². The van der Waals surface area contributed by atoms with Gasteiger partial charge in [0.25, 0.3) is 5.91 Å². The lowest BCUT2D eigenvalue weighted by Gasteiger charge is -2.21. The van der Waals surface area contributed by atoms with E-state index >= 15 is 0 Å². The van der Waals surface area contributed by atoms with Crippen LogP contribution in [0.2, 0.25) is 5.02 Å². The lowest BCUT2D eigenvalue weighted by Crippen LogP contribution is -2.38. The Kier molecular flexibility index (Phi) is 5.10. The second kappa shape index (κ2) is 6.87. The predicted octanol–water partition coefficient (Wildman–Crippen LogP) is 3.72. The summed E-state index contributed by atoms with van der Waals surface area (Å²) < 4.78 is 39.0. The molecule has 0 saturated carbocycles. The number of halogens is 4. The van der Waals surface area contributed by atoms with Crippen LogP contribution in [0.1, 0.15) is 10.4 Å². The Hall–Kier alpha value is -2.28. The molecule has 0 saturated heterocycles. The van der Waals surface area contributed by atoms with E-state index in [1.54, 1.807) is 24.3 Å². The van der Waals surface area contributed by atoms with Crippen LogP contribution in [0.5, 0.6) is 0 Å². The van der Waals surface area contributed by atoms with Crippen LogP contribution < -0.4 is 0 Å². The van der Waals surface area contributed by atoms with E-state index in [2.05, 4.69) is 11.7 Å². The molecular formula is C15H13ClF3N3O. The van der Waals surface area contributed by atoms with Crippen LogP contribution in [0, 0.1) is 0 Å². The quantitative estimate of drug-likeness (QED) is 0.776. The van der Waals surface area contributed by atoms with Gasteiger partial charge in [0.2, 0.25) is 0 Å². The van der Waals surface area contributed by atoms with Crippen molar-refractivity contribution in [2.75, 3.05) is 13.1 Å². The molecule has 4 nitrogen and oxygen atoms in total. The average molecular weight is 344 g/mol. The minimum Gasteiger partial charge on any atom is -0.326 e. The van der Waals surface area contributed by atoms with Gasteiger partial charge in [-0.15, -0.1) is 6.58 Å². The van der Waals surface area contributed by atoms with Crippen LogP contribution in [0.15, 0.2) is 49.3 Å². The first-order valence-electron chi connectivity index (χ1n) is 6.57. The zero-order valence-corrected chi connectivity index (χ0v) is 12.7. The summed E-state index contributed by atoms with van der Waals surface area (Å²) in [5, 5.41) is 4.54. The molecule has 0 aliphatic carbocycles. The van der Waals surface area contributed by atoms with Gasteiger partial charge in [-0.3, -0.25) is 4.79 Å². The first kappa shape index (κ1) is 17.1. The van der Waals surface area contributed by atoms with Gasteiger partial charge >= 0.3 is 6.18 Å². The monoisotopic (exact) mass is 343 g/mol. The van der Waals surface area contributed by atoms with Crippen molar-refractivity contribution < 1.29 is 18.0 Å². The Morgan fingerprint density at radius 1 is 1.35 bits per heavy atom. The fourth-order valence-electron chi connectivity index (χ4n) is 1.94. The molecule has 0 spiro atoms. The van der Waals surface area contributed by atoms with E-state index in [0.717, 1.165) is 0 Å². The molecule has 0 radical (unpaired) electrons. The van der Waals surface area contributed by atoms with E-state index in [1.165, 1.54) is 23.2 Å². The number of benzene rings is 1. The standard InChI is InChI=1S/C15H13ClF3N3O/c1-2-7-21(10-15(17,18)19)14(23)11-8-20-22(9-11)13-5-3-12(16)4-6-13/h2-6,8-9H,1,7,10H2. The van der Waals surface area contributed by atoms with Crippen LogP contribution in [0.25, 0.3) is 5.69 Å². The largest absolute Gasteiger partial charge is 0.406 e. The number of alkyl halides is 3. The fraction of sp³-hybridized carbons (Fsp3) is 0.200. The second-order valence-corrected chi connectivity index (χ2v) is 5.18. The number of aromatic nitrogens is 2. The highest BCUT2D eigenvalue weighted by Gasteiger charge is 2.33. The molecule has 1 amide bonds. The van der Waals surface area contributed by atoms with Gasteiger partial charge in [0.15, 0.2) is 0 Å². The molecule has 2 aromatic rings. The zero-order valence-electron chi connectivity index (χ0n) is 11.9. The van der Waals surface area contributed by atoms with Gasteiger partial charge in [0.1, 0.15) is 6.54 Å². The van der Waals surface area contributed by atoms with E-state index in [0.29, 0.717) is 15.6 Å². The molecule has 1 heterocycles. The van der Waals surface area contributed by atoms with Crippen molar-refractivity contribution in [3.63, 3.8) is 0 Å². The first-order valence-corrected chi connectivity index (χ1v) is 6.95. The molecule has 122 valence electrons. The number of rotatable bonds is 5. The zero-order chi connectivity index (χ0) is 17.0. The fourth-order valence-corrected chi connectivity index (χ4v) is 2.07. The van der Waals surface area contributed by atoms with E-state index < -0.39 is 18.6 Å². The average Bonchev–Trinajstić information content (AvgIpc) is 2.95. The van der Waals surface area contributed by atoms with Crippen molar-refractivity contribution in [2.24, 2.45) is 0 Å². The summed E-state index contributed by atoms with van der Waals surface area (Å²) in [4.78, 5) is 12.9. The predicted molar refractivity (Wildman–Crippen MR) is 80.7 cm³/mol. The summed E-state index contributed by atoms with van der Waals surface area (Å²) in [6.45, 7) is 1.83. The maximum Gasteiger partial charge on any atom is 0.406 e. The highest BCUT2D eigenvalue weighted by Crippen LogP contribution is 2.19. The highest BCUT2D eigenvalue weighted by molar-refractivity contribution is 6.30. The van der Waals surface area contributed by atoms with E-state index in [4.69, 9.17) is 11.6 Å².